The van der Waals surface area contributed by atoms with Crippen LogP contribution in [0.4, 0.5) is 5.13 Å². The molecule has 0 bridgehead atoms. The van der Waals surface area contributed by atoms with E-state index in [1.54, 1.807) is 16.3 Å². The summed E-state index contributed by atoms with van der Waals surface area (Å²) in [6.45, 7) is 9.04. The molecule has 0 radical (unpaired) electrons. The molecule has 168 valence electrons. The molecule has 0 unspecified atom stereocenters. The standard InChI is InChI=1S/C23H32N4O3S/c1-5-6-11-24-20(28)12-18-15-31-23(25-18)26-21(29)14-27(13-16(2)3)22(30)19-10-8-7-9-17(19)4/h7-10,15-16H,5-6,11-14H2,1-4H3,(H,24,28)(H,25,26,29). The maximum atomic E-state index is 13.0. The predicted molar refractivity (Wildman–Crippen MR) is 124 cm³/mol. The number of carbonyl (C=O) groups is 3. The van der Waals surface area contributed by atoms with Crippen LogP contribution in [0.25, 0.3) is 0 Å². The SMILES string of the molecule is CCCCNC(=O)Cc1csc(NC(=O)CN(CC(C)C)C(=O)c2ccccc2C)n1. The van der Waals surface area contributed by atoms with Gasteiger partial charge in [0.2, 0.25) is 11.8 Å². The van der Waals surface area contributed by atoms with E-state index in [1.807, 2.05) is 39.0 Å². The molecule has 0 aliphatic heterocycles. The minimum absolute atomic E-state index is 0.0578. The van der Waals surface area contributed by atoms with E-state index >= 15 is 0 Å². The van der Waals surface area contributed by atoms with Crippen molar-refractivity contribution in [2.45, 2.75) is 47.0 Å². The molecule has 0 spiro atoms. The third-order valence-corrected chi connectivity index (χ3v) is 5.38. The lowest BCUT2D eigenvalue weighted by Crippen LogP contribution is -2.40. The molecular formula is C23H32N4O3S. The van der Waals surface area contributed by atoms with E-state index in [4.69, 9.17) is 0 Å². The first-order valence-electron chi connectivity index (χ1n) is 10.7. The number of carbonyl (C=O) groups excluding carboxylic acids is 3. The summed E-state index contributed by atoms with van der Waals surface area (Å²) in [7, 11) is 0. The highest BCUT2D eigenvalue weighted by Crippen LogP contribution is 2.17. The van der Waals surface area contributed by atoms with Gasteiger partial charge in [-0.2, -0.15) is 0 Å². The van der Waals surface area contributed by atoms with Gasteiger partial charge in [0.15, 0.2) is 5.13 Å². The van der Waals surface area contributed by atoms with Crippen molar-refractivity contribution in [1.29, 1.82) is 0 Å². The van der Waals surface area contributed by atoms with E-state index < -0.39 is 0 Å². The number of benzene rings is 1. The van der Waals surface area contributed by atoms with Gasteiger partial charge >= 0.3 is 0 Å². The Bertz CT molecular complexity index is 894. The van der Waals surface area contributed by atoms with Crippen LogP contribution in [-0.2, 0) is 16.0 Å². The van der Waals surface area contributed by atoms with Crippen molar-refractivity contribution in [3.8, 4) is 0 Å². The Kier molecular flexibility index (Phi) is 9.65. The van der Waals surface area contributed by atoms with Gasteiger partial charge in [-0.3, -0.25) is 14.4 Å². The molecule has 1 aromatic carbocycles. The van der Waals surface area contributed by atoms with Crippen LogP contribution < -0.4 is 10.6 Å². The smallest absolute Gasteiger partial charge is 0.254 e. The number of aryl methyl sites for hydroxylation is 1. The van der Waals surface area contributed by atoms with Crippen LogP contribution in [0.1, 0.15) is 55.2 Å². The zero-order chi connectivity index (χ0) is 22.8. The number of aromatic nitrogens is 1. The number of hydrogen-bond donors (Lipinski definition) is 2. The molecule has 0 saturated heterocycles. The number of hydrogen-bond acceptors (Lipinski definition) is 5. The molecule has 7 nitrogen and oxygen atoms in total. The minimum atomic E-state index is -0.309. The fourth-order valence-electron chi connectivity index (χ4n) is 3.05. The topological polar surface area (TPSA) is 91.4 Å². The summed E-state index contributed by atoms with van der Waals surface area (Å²) < 4.78 is 0. The van der Waals surface area contributed by atoms with Gasteiger partial charge in [-0.05, 0) is 30.9 Å². The van der Waals surface area contributed by atoms with Crippen LogP contribution in [0.2, 0.25) is 0 Å². The second-order valence-corrected chi connectivity index (χ2v) is 8.83. The summed E-state index contributed by atoms with van der Waals surface area (Å²) in [5.41, 5.74) is 2.09. The van der Waals surface area contributed by atoms with Crippen molar-refractivity contribution >= 4 is 34.2 Å². The summed E-state index contributed by atoms with van der Waals surface area (Å²) in [6.07, 6.45) is 2.15. The number of unbranched alkanes of at least 4 members (excludes halogenated alkanes) is 1. The average molecular weight is 445 g/mol. The van der Waals surface area contributed by atoms with Crippen LogP contribution >= 0.6 is 11.3 Å². The lowest BCUT2D eigenvalue weighted by Gasteiger charge is -2.24. The normalized spacial score (nSPS) is 10.7. The summed E-state index contributed by atoms with van der Waals surface area (Å²) in [4.78, 5) is 43.4. The van der Waals surface area contributed by atoms with Crippen LogP contribution in [0.5, 0.6) is 0 Å². The van der Waals surface area contributed by atoms with Crippen LogP contribution in [-0.4, -0.2) is 47.2 Å². The molecule has 0 fully saturated rings. The zero-order valence-corrected chi connectivity index (χ0v) is 19.6. The number of amides is 3. The van der Waals surface area contributed by atoms with E-state index in [2.05, 4.69) is 22.5 Å². The first-order chi connectivity index (χ1) is 14.8. The second kappa shape index (κ2) is 12.2. The minimum Gasteiger partial charge on any atom is -0.356 e. The van der Waals surface area contributed by atoms with E-state index in [1.165, 1.54) is 11.3 Å². The molecule has 1 heterocycles. The van der Waals surface area contributed by atoms with Gasteiger partial charge in [-0.15, -0.1) is 11.3 Å². The molecule has 1 aromatic heterocycles. The number of nitrogens with zero attached hydrogens (tertiary/aromatic N) is 2. The zero-order valence-electron chi connectivity index (χ0n) is 18.7. The first-order valence-corrected chi connectivity index (χ1v) is 11.5. The van der Waals surface area contributed by atoms with Gasteiger partial charge in [-0.25, -0.2) is 4.98 Å². The quantitative estimate of drug-likeness (QED) is 0.518. The third-order valence-electron chi connectivity index (χ3n) is 4.57. The Balaban J connectivity index is 1.97. The van der Waals surface area contributed by atoms with Gasteiger partial charge in [0.05, 0.1) is 12.1 Å². The van der Waals surface area contributed by atoms with Crippen molar-refractivity contribution in [2.75, 3.05) is 25.0 Å². The van der Waals surface area contributed by atoms with Crippen molar-refractivity contribution in [1.82, 2.24) is 15.2 Å². The number of anilines is 1. The highest BCUT2D eigenvalue weighted by atomic mass is 32.1. The molecule has 2 N–H and O–H groups in total. The fourth-order valence-corrected chi connectivity index (χ4v) is 3.78. The van der Waals surface area contributed by atoms with Crippen LogP contribution in [0, 0.1) is 12.8 Å². The Morgan fingerprint density at radius 3 is 2.58 bits per heavy atom. The van der Waals surface area contributed by atoms with Gasteiger partial charge in [-0.1, -0.05) is 45.4 Å². The lowest BCUT2D eigenvalue weighted by molar-refractivity contribution is -0.120. The Morgan fingerprint density at radius 1 is 1.16 bits per heavy atom. The predicted octanol–water partition coefficient (Wildman–Crippen LogP) is 3.65. The van der Waals surface area contributed by atoms with E-state index in [9.17, 15) is 14.4 Å². The summed E-state index contributed by atoms with van der Waals surface area (Å²) in [5, 5.41) is 7.80. The molecule has 0 saturated carbocycles. The molecule has 31 heavy (non-hydrogen) atoms. The molecule has 0 atom stereocenters. The van der Waals surface area contributed by atoms with Gasteiger partial charge in [0.25, 0.3) is 5.91 Å². The lowest BCUT2D eigenvalue weighted by atomic mass is 10.1. The maximum absolute atomic E-state index is 13.0. The third kappa shape index (κ3) is 8.13. The fraction of sp³-hybridized carbons (Fsp3) is 0.478. The first kappa shape index (κ1) is 24.5. The molecule has 0 aliphatic carbocycles. The largest absolute Gasteiger partial charge is 0.356 e. The van der Waals surface area contributed by atoms with Gasteiger partial charge in [0.1, 0.15) is 6.54 Å². The molecule has 0 aliphatic rings. The van der Waals surface area contributed by atoms with Gasteiger partial charge < -0.3 is 15.5 Å². The molecule has 2 rings (SSSR count). The Hall–Kier alpha value is -2.74. The molecule has 8 heteroatoms. The van der Waals surface area contributed by atoms with Crippen molar-refractivity contribution in [3.63, 3.8) is 0 Å². The highest BCUT2D eigenvalue weighted by molar-refractivity contribution is 7.13. The second-order valence-electron chi connectivity index (χ2n) is 7.97. The van der Waals surface area contributed by atoms with E-state index in [-0.39, 0.29) is 36.6 Å². The summed E-state index contributed by atoms with van der Waals surface area (Å²) in [5.74, 6) is -0.330. The van der Waals surface area contributed by atoms with Crippen molar-refractivity contribution in [2.24, 2.45) is 5.92 Å². The molecule has 2 aromatic rings. The average Bonchev–Trinajstić information content (AvgIpc) is 3.13. The number of rotatable bonds is 11. The van der Waals surface area contributed by atoms with Crippen LogP contribution in [0.3, 0.4) is 0 Å². The molecular weight excluding hydrogens is 412 g/mol. The maximum Gasteiger partial charge on any atom is 0.254 e. The van der Waals surface area contributed by atoms with E-state index in [0.29, 0.717) is 29.5 Å². The number of nitrogens with one attached hydrogen (secondary N) is 2. The van der Waals surface area contributed by atoms with Crippen LogP contribution in [0.15, 0.2) is 29.6 Å². The Labute approximate surface area is 188 Å². The summed E-state index contributed by atoms with van der Waals surface area (Å²) in [6, 6.07) is 7.37. The van der Waals surface area contributed by atoms with Crippen molar-refractivity contribution < 1.29 is 14.4 Å². The van der Waals surface area contributed by atoms with Crippen molar-refractivity contribution in [3.05, 3.63) is 46.5 Å². The van der Waals surface area contributed by atoms with Gasteiger partial charge in [0, 0.05) is 24.0 Å². The Morgan fingerprint density at radius 2 is 1.90 bits per heavy atom. The van der Waals surface area contributed by atoms with E-state index in [0.717, 1.165) is 18.4 Å². The highest BCUT2D eigenvalue weighted by Gasteiger charge is 2.21. The molecule has 3 amide bonds. The number of thiazole rings is 1. The summed E-state index contributed by atoms with van der Waals surface area (Å²) >= 11 is 1.27. The monoisotopic (exact) mass is 444 g/mol.